The Hall–Kier alpha value is -1.30. The van der Waals surface area contributed by atoms with Crippen LogP contribution in [-0.4, -0.2) is 65.7 Å². The molecule has 2 heterocycles. The van der Waals surface area contributed by atoms with E-state index in [0.717, 1.165) is 39.0 Å². The quantitative estimate of drug-likeness (QED) is 0.804. The standard InChI is InChI=1S/C15H27N3O3/c1-2-5-12(14(19)20)10-16-15(21)18-9-8-17-7-4-3-6-13(17)11-18/h12-13H,2-11H2,1H3,(H,16,21)(H,19,20). The normalized spacial score (nSPS) is 24.2. The zero-order chi connectivity index (χ0) is 15.2. The van der Waals surface area contributed by atoms with E-state index in [-0.39, 0.29) is 12.6 Å². The number of carboxylic acid groups (broad SMARTS) is 1. The molecule has 6 nitrogen and oxygen atoms in total. The average molecular weight is 297 g/mol. The smallest absolute Gasteiger partial charge is 0.317 e. The second-order valence-corrected chi connectivity index (χ2v) is 6.14. The van der Waals surface area contributed by atoms with Crippen molar-refractivity contribution in [3.63, 3.8) is 0 Å². The fraction of sp³-hybridized carbons (Fsp3) is 0.867. The summed E-state index contributed by atoms with van der Waals surface area (Å²) in [7, 11) is 0. The lowest BCUT2D eigenvalue weighted by Gasteiger charge is -2.43. The highest BCUT2D eigenvalue weighted by molar-refractivity contribution is 5.76. The van der Waals surface area contributed by atoms with Crippen LogP contribution in [0.15, 0.2) is 0 Å². The molecule has 0 saturated carbocycles. The molecule has 2 N–H and O–H groups in total. The zero-order valence-corrected chi connectivity index (χ0v) is 12.9. The summed E-state index contributed by atoms with van der Waals surface area (Å²) in [5, 5.41) is 11.9. The van der Waals surface area contributed by atoms with Gasteiger partial charge >= 0.3 is 12.0 Å². The summed E-state index contributed by atoms with van der Waals surface area (Å²) in [4.78, 5) is 27.6. The highest BCUT2D eigenvalue weighted by Gasteiger charge is 2.31. The second kappa shape index (κ2) is 7.64. The molecule has 0 aromatic heterocycles. The highest BCUT2D eigenvalue weighted by Crippen LogP contribution is 2.21. The van der Waals surface area contributed by atoms with E-state index < -0.39 is 11.9 Å². The Morgan fingerprint density at radius 2 is 2.10 bits per heavy atom. The zero-order valence-electron chi connectivity index (χ0n) is 12.9. The minimum atomic E-state index is -0.825. The number of piperazine rings is 1. The molecule has 2 aliphatic heterocycles. The van der Waals surface area contributed by atoms with Gasteiger partial charge in [-0.05, 0) is 25.8 Å². The Kier molecular flexibility index (Phi) is 5.85. The largest absolute Gasteiger partial charge is 0.481 e. The topological polar surface area (TPSA) is 72.9 Å². The van der Waals surface area contributed by atoms with Gasteiger partial charge in [-0.25, -0.2) is 4.79 Å². The van der Waals surface area contributed by atoms with Crippen molar-refractivity contribution in [2.45, 2.75) is 45.1 Å². The number of fused-ring (bicyclic) bond motifs is 1. The predicted molar refractivity (Wildman–Crippen MR) is 80.2 cm³/mol. The molecule has 2 atom stereocenters. The SMILES string of the molecule is CCCC(CNC(=O)N1CCN2CCCCC2C1)C(=O)O. The first-order valence-corrected chi connectivity index (χ1v) is 8.11. The first-order valence-electron chi connectivity index (χ1n) is 8.11. The first kappa shape index (κ1) is 16.1. The number of carbonyl (C=O) groups excluding carboxylic acids is 1. The van der Waals surface area contributed by atoms with Crippen LogP contribution in [-0.2, 0) is 4.79 Å². The van der Waals surface area contributed by atoms with E-state index in [4.69, 9.17) is 5.11 Å². The molecule has 2 aliphatic rings. The van der Waals surface area contributed by atoms with E-state index in [1.54, 1.807) is 0 Å². The number of hydrogen-bond acceptors (Lipinski definition) is 3. The van der Waals surface area contributed by atoms with Crippen LogP contribution in [0, 0.1) is 5.92 Å². The van der Waals surface area contributed by atoms with Gasteiger partial charge in [0.25, 0.3) is 0 Å². The molecule has 2 rings (SSSR count). The number of hydrogen-bond donors (Lipinski definition) is 2. The molecule has 2 unspecified atom stereocenters. The van der Waals surface area contributed by atoms with Crippen molar-refractivity contribution in [3.8, 4) is 0 Å². The van der Waals surface area contributed by atoms with E-state index in [1.807, 2.05) is 11.8 Å². The van der Waals surface area contributed by atoms with Crippen molar-refractivity contribution in [2.24, 2.45) is 5.92 Å². The van der Waals surface area contributed by atoms with E-state index in [1.165, 1.54) is 12.8 Å². The monoisotopic (exact) mass is 297 g/mol. The number of amides is 2. The number of piperidine rings is 1. The number of aliphatic carboxylic acids is 1. The summed E-state index contributed by atoms with van der Waals surface area (Å²) in [6, 6.07) is 0.381. The number of urea groups is 1. The Labute approximate surface area is 126 Å². The van der Waals surface area contributed by atoms with E-state index >= 15 is 0 Å². The van der Waals surface area contributed by atoms with Gasteiger partial charge in [-0.1, -0.05) is 19.8 Å². The number of nitrogens with one attached hydrogen (secondary N) is 1. The molecular formula is C15H27N3O3. The van der Waals surface area contributed by atoms with Crippen LogP contribution in [0.2, 0.25) is 0 Å². The van der Waals surface area contributed by atoms with Crippen LogP contribution >= 0.6 is 0 Å². The average Bonchev–Trinajstić information content (AvgIpc) is 2.50. The number of nitrogens with zero attached hydrogens (tertiary/aromatic N) is 2. The second-order valence-electron chi connectivity index (χ2n) is 6.14. The molecule has 2 fully saturated rings. The van der Waals surface area contributed by atoms with Crippen molar-refractivity contribution >= 4 is 12.0 Å². The molecule has 0 aromatic carbocycles. The molecule has 0 aliphatic carbocycles. The molecule has 0 bridgehead atoms. The maximum Gasteiger partial charge on any atom is 0.317 e. The van der Waals surface area contributed by atoms with Gasteiger partial charge in [0.2, 0.25) is 0 Å². The molecule has 0 spiro atoms. The molecule has 6 heteroatoms. The van der Waals surface area contributed by atoms with E-state index in [2.05, 4.69) is 10.2 Å². The molecule has 0 aromatic rings. The van der Waals surface area contributed by atoms with Gasteiger partial charge in [0.05, 0.1) is 5.92 Å². The predicted octanol–water partition coefficient (Wildman–Crippen LogP) is 1.37. The molecule has 21 heavy (non-hydrogen) atoms. The van der Waals surface area contributed by atoms with Crippen molar-refractivity contribution in [2.75, 3.05) is 32.7 Å². The highest BCUT2D eigenvalue weighted by atomic mass is 16.4. The summed E-state index contributed by atoms with van der Waals surface area (Å²) in [6.45, 7) is 5.80. The molecule has 120 valence electrons. The van der Waals surface area contributed by atoms with Crippen LogP contribution in [0.25, 0.3) is 0 Å². The van der Waals surface area contributed by atoms with Crippen molar-refractivity contribution in [1.29, 1.82) is 0 Å². The van der Waals surface area contributed by atoms with Gasteiger partial charge < -0.3 is 15.3 Å². The Balaban J connectivity index is 1.79. The van der Waals surface area contributed by atoms with Gasteiger partial charge in [0.15, 0.2) is 0 Å². The minimum Gasteiger partial charge on any atom is -0.481 e. The summed E-state index contributed by atoms with van der Waals surface area (Å²) in [6.07, 6.45) is 5.09. The van der Waals surface area contributed by atoms with Crippen LogP contribution in [0.4, 0.5) is 4.79 Å². The Morgan fingerprint density at radius 1 is 1.29 bits per heavy atom. The maximum absolute atomic E-state index is 12.2. The minimum absolute atomic E-state index is 0.109. The van der Waals surface area contributed by atoms with Crippen LogP contribution in [0.1, 0.15) is 39.0 Å². The fourth-order valence-corrected chi connectivity index (χ4v) is 3.32. The summed E-state index contributed by atoms with van der Waals surface area (Å²) in [5.41, 5.74) is 0. The number of carboxylic acids is 1. The van der Waals surface area contributed by atoms with Gasteiger partial charge in [-0.15, -0.1) is 0 Å². The molecule has 2 saturated heterocycles. The molecule has 2 amide bonds. The lowest BCUT2D eigenvalue weighted by atomic mass is 10.00. The lowest BCUT2D eigenvalue weighted by molar-refractivity contribution is -0.141. The summed E-state index contributed by atoms with van der Waals surface area (Å²) in [5.74, 6) is -1.30. The first-order chi connectivity index (χ1) is 10.1. The van der Waals surface area contributed by atoms with Crippen molar-refractivity contribution in [1.82, 2.24) is 15.1 Å². The number of carbonyl (C=O) groups is 2. The third-order valence-electron chi connectivity index (χ3n) is 4.61. The third-order valence-corrected chi connectivity index (χ3v) is 4.61. The van der Waals surface area contributed by atoms with Crippen LogP contribution in [0.5, 0.6) is 0 Å². The Morgan fingerprint density at radius 3 is 2.81 bits per heavy atom. The summed E-state index contributed by atoms with van der Waals surface area (Å²) >= 11 is 0. The van der Waals surface area contributed by atoms with Gasteiger partial charge in [-0.2, -0.15) is 0 Å². The lowest BCUT2D eigenvalue weighted by Crippen LogP contribution is -2.58. The van der Waals surface area contributed by atoms with E-state index in [0.29, 0.717) is 12.5 Å². The maximum atomic E-state index is 12.2. The third kappa shape index (κ3) is 4.33. The van der Waals surface area contributed by atoms with Gasteiger partial charge in [0, 0.05) is 32.2 Å². The van der Waals surface area contributed by atoms with Crippen molar-refractivity contribution in [3.05, 3.63) is 0 Å². The van der Waals surface area contributed by atoms with Gasteiger partial charge in [0.1, 0.15) is 0 Å². The van der Waals surface area contributed by atoms with Crippen molar-refractivity contribution < 1.29 is 14.7 Å². The van der Waals surface area contributed by atoms with E-state index in [9.17, 15) is 9.59 Å². The Bertz CT molecular complexity index is 375. The number of rotatable bonds is 5. The van der Waals surface area contributed by atoms with Crippen LogP contribution < -0.4 is 5.32 Å². The summed E-state index contributed by atoms with van der Waals surface area (Å²) < 4.78 is 0. The molecular weight excluding hydrogens is 270 g/mol. The van der Waals surface area contributed by atoms with Gasteiger partial charge in [-0.3, -0.25) is 9.69 Å². The fourth-order valence-electron chi connectivity index (χ4n) is 3.32. The molecule has 0 radical (unpaired) electrons. The van der Waals surface area contributed by atoms with Crippen LogP contribution in [0.3, 0.4) is 0 Å².